The van der Waals surface area contributed by atoms with Crippen LogP contribution in [-0.2, 0) is 12.8 Å². The molecule has 0 radical (unpaired) electrons. The van der Waals surface area contributed by atoms with Crippen LogP contribution < -0.4 is 15.6 Å². The zero-order chi connectivity index (χ0) is 20.9. The van der Waals surface area contributed by atoms with E-state index in [0.717, 1.165) is 0 Å². The van der Waals surface area contributed by atoms with Crippen molar-refractivity contribution in [3.05, 3.63) is 90.0 Å². The lowest BCUT2D eigenvalue weighted by Crippen LogP contribution is -2.76. The Morgan fingerprint density at radius 2 is 0.931 bits per heavy atom. The van der Waals surface area contributed by atoms with Gasteiger partial charge in [0.15, 0.2) is 0 Å². The average Bonchev–Trinajstić information content (AvgIpc) is 2.75. The van der Waals surface area contributed by atoms with Gasteiger partial charge in [-0.05, 0) is 24.0 Å². The van der Waals surface area contributed by atoms with E-state index in [4.69, 9.17) is 0 Å². The van der Waals surface area contributed by atoms with E-state index in [1.807, 2.05) is 0 Å². The van der Waals surface area contributed by atoms with Gasteiger partial charge in [-0.1, -0.05) is 141 Å². The SMILES string of the molecule is CCCc1ccc([Si](C)(c2ccc(CCC)cc2)[Si](C)(C)c2ccccc2)cc1. The van der Waals surface area contributed by atoms with Crippen LogP contribution in [0.1, 0.15) is 37.8 Å². The Hall–Kier alpha value is -1.91. The molecule has 2 heteroatoms. The fraction of sp³-hybridized carbons (Fsp3) is 0.333. The summed E-state index contributed by atoms with van der Waals surface area (Å²) >= 11 is 0. The minimum Gasteiger partial charge on any atom is -0.0668 e. The molecule has 0 amide bonds. The van der Waals surface area contributed by atoms with Crippen molar-refractivity contribution in [3.63, 3.8) is 0 Å². The average molecular weight is 417 g/mol. The third-order valence-corrected chi connectivity index (χ3v) is 24.2. The summed E-state index contributed by atoms with van der Waals surface area (Å²) in [4.78, 5) is 0. The Morgan fingerprint density at radius 1 is 0.517 bits per heavy atom. The summed E-state index contributed by atoms with van der Waals surface area (Å²) in [6.07, 6.45) is 4.75. The molecule has 3 aromatic rings. The highest BCUT2D eigenvalue weighted by Crippen LogP contribution is 2.21. The molecule has 0 N–H and O–H groups in total. The van der Waals surface area contributed by atoms with Crippen molar-refractivity contribution < 1.29 is 0 Å². The van der Waals surface area contributed by atoms with Crippen molar-refractivity contribution in [2.45, 2.75) is 59.2 Å². The van der Waals surface area contributed by atoms with Gasteiger partial charge in [-0.2, -0.15) is 0 Å². The third kappa shape index (κ3) is 4.34. The van der Waals surface area contributed by atoms with Crippen LogP contribution in [-0.4, -0.2) is 15.2 Å². The van der Waals surface area contributed by atoms with Gasteiger partial charge in [-0.25, -0.2) is 0 Å². The van der Waals surface area contributed by atoms with Crippen LogP contribution in [0.2, 0.25) is 19.6 Å². The van der Waals surface area contributed by atoms with Crippen LogP contribution in [0, 0.1) is 0 Å². The zero-order valence-electron chi connectivity index (χ0n) is 18.8. The molecule has 0 aromatic heterocycles. The van der Waals surface area contributed by atoms with E-state index in [2.05, 4.69) is 112 Å². The van der Waals surface area contributed by atoms with Crippen molar-refractivity contribution in [1.29, 1.82) is 0 Å². The van der Waals surface area contributed by atoms with Gasteiger partial charge < -0.3 is 0 Å². The van der Waals surface area contributed by atoms with Crippen molar-refractivity contribution >= 4 is 30.7 Å². The van der Waals surface area contributed by atoms with E-state index in [-0.39, 0.29) is 0 Å². The van der Waals surface area contributed by atoms with Gasteiger partial charge in [0.2, 0.25) is 0 Å². The molecule has 0 nitrogen and oxygen atoms in total. The highest BCUT2D eigenvalue weighted by molar-refractivity contribution is 7.54. The van der Waals surface area contributed by atoms with Gasteiger partial charge in [-0.3, -0.25) is 0 Å². The number of aryl methyl sites for hydroxylation is 2. The summed E-state index contributed by atoms with van der Waals surface area (Å²) in [6, 6.07) is 30.6. The molecule has 29 heavy (non-hydrogen) atoms. The van der Waals surface area contributed by atoms with E-state index in [0.29, 0.717) is 0 Å². The normalized spacial score (nSPS) is 12.2. The van der Waals surface area contributed by atoms with Gasteiger partial charge in [0.1, 0.15) is 7.59 Å². The predicted molar refractivity (Wildman–Crippen MR) is 135 cm³/mol. The molecule has 3 rings (SSSR count). The Morgan fingerprint density at radius 3 is 1.31 bits per heavy atom. The van der Waals surface area contributed by atoms with E-state index in [1.54, 1.807) is 15.6 Å². The van der Waals surface area contributed by atoms with Gasteiger partial charge >= 0.3 is 0 Å². The molecule has 0 saturated heterocycles. The standard InChI is InChI=1S/C27H36Si2/c1-6-11-23-15-19-26(20-16-23)29(5,27-21-17-24(12-7-2)18-22-27)28(3,4)25-13-9-8-10-14-25/h8-10,13-22H,6-7,11-12H2,1-5H3. The first-order valence-corrected chi connectivity index (χ1v) is 17.7. The fourth-order valence-electron chi connectivity index (χ4n) is 4.62. The van der Waals surface area contributed by atoms with Gasteiger partial charge in [0.25, 0.3) is 0 Å². The number of hydrogen-bond donors (Lipinski definition) is 0. The highest BCUT2D eigenvalue weighted by Gasteiger charge is 2.48. The smallest absolute Gasteiger partial charge is 0.0668 e. The summed E-state index contributed by atoms with van der Waals surface area (Å²) in [5.41, 5.74) is 2.93. The van der Waals surface area contributed by atoms with Crippen LogP contribution in [0.15, 0.2) is 78.9 Å². The second-order valence-electron chi connectivity index (χ2n) is 9.01. The Balaban J connectivity index is 2.15. The lowest BCUT2D eigenvalue weighted by molar-refractivity contribution is 0.922. The summed E-state index contributed by atoms with van der Waals surface area (Å²) in [5.74, 6) is 0. The largest absolute Gasteiger partial charge is 0.112 e. The first kappa shape index (κ1) is 21.8. The van der Waals surface area contributed by atoms with Crippen molar-refractivity contribution in [2.24, 2.45) is 0 Å². The molecule has 0 fully saturated rings. The molecule has 0 aliphatic carbocycles. The molecular weight excluding hydrogens is 380 g/mol. The van der Waals surface area contributed by atoms with Crippen LogP contribution in [0.4, 0.5) is 0 Å². The maximum absolute atomic E-state index is 2.62. The summed E-state index contributed by atoms with van der Waals surface area (Å²) < 4.78 is 0. The van der Waals surface area contributed by atoms with E-state index >= 15 is 0 Å². The van der Waals surface area contributed by atoms with Gasteiger partial charge in [0, 0.05) is 0 Å². The molecule has 0 spiro atoms. The van der Waals surface area contributed by atoms with Crippen LogP contribution in [0.25, 0.3) is 0 Å². The number of hydrogen-bond acceptors (Lipinski definition) is 0. The molecular formula is C27H36Si2. The van der Waals surface area contributed by atoms with Crippen LogP contribution in [0.3, 0.4) is 0 Å². The molecule has 0 unspecified atom stereocenters. The molecule has 0 bridgehead atoms. The minimum absolute atomic E-state index is 1.17. The number of rotatable bonds is 8. The third-order valence-electron chi connectivity index (χ3n) is 6.89. The van der Waals surface area contributed by atoms with Crippen LogP contribution >= 0.6 is 0 Å². The number of benzene rings is 3. The molecule has 0 atom stereocenters. The maximum atomic E-state index is 2.62. The molecule has 0 saturated carbocycles. The monoisotopic (exact) mass is 416 g/mol. The summed E-state index contributed by atoms with van der Waals surface area (Å²) in [6.45, 7) is 12.3. The Kier molecular flexibility index (Phi) is 6.97. The molecule has 152 valence electrons. The van der Waals surface area contributed by atoms with Crippen molar-refractivity contribution in [3.8, 4) is 0 Å². The fourth-order valence-corrected chi connectivity index (χ4v) is 17.2. The summed E-state index contributed by atoms with van der Waals surface area (Å²) in [7, 11) is -3.67. The minimum atomic E-state index is -1.92. The molecule has 0 aliphatic heterocycles. The summed E-state index contributed by atoms with van der Waals surface area (Å²) in [5, 5.41) is 4.74. The lowest BCUT2D eigenvalue weighted by atomic mass is 10.1. The Bertz CT molecular complexity index is 844. The highest BCUT2D eigenvalue weighted by atomic mass is 29.3. The maximum Gasteiger partial charge on any atom is 0.112 e. The topological polar surface area (TPSA) is 0 Å². The van der Waals surface area contributed by atoms with Gasteiger partial charge in [-0.15, -0.1) is 0 Å². The van der Waals surface area contributed by atoms with Crippen LogP contribution in [0.5, 0.6) is 0 Å². The van der Waals surface area contributed by atoms with E-state index < -0.39 is 15.2 Å². The molecule has 3 aromatic carbocycles. The second kappa shape index (κ2) is 9.27. The zero-order valence-corrected chi connectivity index (χ0v) is 20.8. The molecule has 0 aliphatic rings. The van der Waals surface area contributed by atoms with E-state index in [1.165, 1.54) is 36.8 Å². The van der Waals surface area contributed by atoms with E-state index in [9.17, 15) is 0 Å². The molecule has 0 heterocycles. The first-order chi connectivity index (χ1) is 13.9. The second-order valence-corrected chi connectivity index (χ2v) is 23.0. The first-order valence-electron chi connectivity index (χ1n) is 11.2. The quantitative estimate of drug-likeness (QED) is 0.427. The van der Waals surface area contributed by atoms with Crippen molar-refractivity contribution in [1.82, 2.24) is 0 Å². The lowest BCUT2D eigenvalue weighted by Gasteiger charge is -2.42. The Labute approximate surface area is 179 Å². The predicted octanol–water partition coefficient (Wildman–Crippen LogP) is 5.48. The van der Waals surface area contributed by atoms with Crippen molar-refractivity contribution in [2.75, 3.05) is 0 Å². The van der Waals surface area contributed by atoms with Gasteiger partial charge in [0.05, 0.1) is 7.59 Å².